The minimum absolute atomic E-state index is 0.0695. The summed E-state index contributed by atoms with van der Waals surface area (Å²) in [6.07, 6.45) is -1.69. The van der Waals surface area contributed by atoms with Gasteiger partial charge in [0, 0.05) is 51.7 Å². The third-order valence-corrected chi connectivity index (χ3v) is 6.84. The summed E-state index contributed by atoms with van der Waals surface area (Å²) < 4.78 is 39.6. The highest BCUT2D eigenvalue weighted by Crippen LogP contribution is 2.32. The highest BCUT2D eigenvalue weighted by Gasteiger charge is 2.33. The molecule has 4 rings (SSSR count). The van der Waals surface area contributed by atoms with Crippen LogP contribution in [0.4, 0.5) is 31.0 Å². The average Bonchev–Trinajstić information content (AvgIpc) is 2.87. The van der Waals surface area contributed by atoms with E-state index in [9.17, 15) is 18.0 Å². The number of alkyl halides is 3. The van der Waals surface area contributed by atoms with Gasteiger partial charge in [0.1, 0.15) is 0 Å². The Morgan fingerprint density at radius 2 is 1.67 bits per heavy atom. The fourth-order valence-electron chi connectivity index (χ4n) is 4.65. The van der Waals surface area contributed by atoms with E-state index < -0.39 is 11.7 Å². The summed E-state index contributed by atoms with van der Waals surface area (Å²) in [6, 6.07) is 5.43. The molecule has 9 nitrogen and oxygen atoms in total. The first-order chi connectivity index (χ1) is 17.2. The number of hydrogen-bond donors (Lipinski definition) is 3. The fourth-order valence-corrected chi connectivity index (χ4v) is 4.65. The first-order valence-corrected chi connectivity index (χ1v) is 12.3. The maximum Gasteiger partial charge on any atom is 0.416 e. The lowest BCUT2D eigenvalue weighted by Gasteiger charge is -2.33. The van der Waals surface area contributed by atoms with Gasteiger partial charge in [0.05, 0.1) is 5.56 Å². The predicted octanol–water partition coefficient (Wildman–Crippen LogP) is 2.97. The lowest BCUT2D eigenvalue weighted by Crippen LogP contribution is -2.45. The van der Waals surface area contributed by atoms with E-state index in [0.29, 0.717) is 30.7 Å². The second kappa shape index (κ2) is 11.3. The van der Waals surface area contributed by atoms with E-state index >= 15 is 0 Å². The smallest absolute Gasteiger partial charge is 0.357 e. The van der Waals surface area contributed by atoms with Gasteiger partial charge in [0.2, 0.25) is 23.8 Å². The molecule has 1 amide bonds. The third kappa shape index (κ3) is 6.54. The molecule has 0 radical (unpaired) electrons. The van der Waals surface area contributed by atoms with Crippen LogP contribution in [0.5, 0.6) is 0 Å². The van der Waals surface area contributed by atoms with E-state index in [0.717, 1.165) is 45.1 Å². The Kier molecular flexibility index (Phi) is 8.12. The van der Waals surface area contributed by atoms with Crippen molar-refractivity contribution in [3.8, 4) is 0 Å². The number of nitrogens with one attached hydrogen (secondary N) is 3. The summed E-state index contributed by atoms with van der Waals surface area (Å²) in [6.45, 7) is 3.43. The molecular formula is C24H33F3N8O. The zero-order valence-electron chi connectivity index (χ0n) is 20.6. The van der Waals surface area contributed by atoms with Gasteiger partial charge in [-0.3, -0.25) is 4.79 Å². The van der Waals surface area contributed by atoms with Gasteiger partial charge >= 0.3 is 6.18 Å². The van der Waals surface area contributed by atoms with Crippen LogP contribution in [0.15, 0.2) is 24.3 Å². The van der Waals surface area contributed by atoms with Crippen molar-refractivity contribution >= 4 is 23.8 Å². The summed E-state index contributed by atoms with van der Waals surface area (Å²) in [4.78, 5) is 30.7. The van der Waals surface area contributed by atoms with E-state index in [4.69, 9.17) is 0 Å². The predicted molar refractivity (Wildman–Crippen MR) is 132 cm³/mol. The van der Waals surface area contributed by atoms with E-state index in [2.05, 4.69) is 47.7 Å². The van der Waals surface area contributed by atoms with E-state index in [1.54, 1.807) is 13.1 Å². The van der Waals surface area contributed by atoms with Crippen molar-refractivity contribution in [3.63, 3.8) is 0 Å². The summed E-state index contributed by atoms with van der Waals surface area (Å²) in [5.41, 5.74) is -0.646. The SMILES string of the molecule is CNc1nc(N[C@H]2CC[C@H](C(=O)NCc3ccccc3C(F)(F)F)CC2)nc(N2CCN(C)CC2)n1. The summed E-state index contributed by atoms with van der Waals surface area (Å²) in [7, 11) is 3.86. The van der Waals surface area contributed by atoms with Crippen molar-refractivity contribution in [1.29, 1.82) is 0 Å². The zero-order valence-corrected chi connectivity index (χ0v) is 20.6. The number of rotatable bonds is 7. The number of hydrogen-bond acceptors (Lipinski definition) is 8. The fraction of sp³-hybridized carbons (Fsp3) is 0.583. The molecule has 1 saturated heterocycles. The maximum absolute atomic E-state index is 13.2. The Morgan fingerprint density at radius 1 is 1.00 bits per heavy atom. The molecule has 196 valence electrons. The highest BCUT2D eigenvalue weighted by molar-refractivity contribution is 5.78. The topological polar surface area (TPSA) is 98.3 Å². The number of benzene rings is 1. The van der Waals surface area contributed by atoms with Crippen LogP contribution in [0, 0.1) is 5.92 Å². The van der Waals surface area contributed by atoms with Crippen molar-refractivity contribution in [3.05, 3.63) is 35.4 Å². The van der Waals surface area contributed by atoms with Crippen LogP contribution in [0.25, 0.3) is 0 Å². The molecule has 3 N–H and O–H groups in total. The molecule has 0 atom stereocenters. The molecule has 1 saturated carbocycles. The highest BCUT2D eigenvalue weighted by atomic mass is 19.4. The number of amides is 1. The number of piperazine rings is 1. The summed E-state index contributed by atoms with van der Waals surface area (Å²) >= 11 is 0. The quantitative estimate of drug-likeness (QED) is 0.528. The van der Waals surface area contributed by atoms with Crippen LogP contribution in [0.2, 0.25) is 0 Å². The molecule has 12 heteroatoms. The molecule has 2 aromatic rings. The largest absolute Gasteiger partial charge is 0.416 e. The van der Waals surface area contributed by atoms with Crippen LogP contribution in [-0.2, 0) is 17.5 Å². The standard InChI is InChI=1S/C24H33F3N8O/c1-28-21-31-22(33-23(32-21)35-13-11-34(2)12-14-35)30-18-9-7-16(8-10-18)20(36)29-15-17-5-3-4-6-19(17)24(25,26)27/h3-6,16,18H,7-15H2,1-2H3,(H,29,36)(H2,28,30,31,32,33)/t16-,18-. The molecule has 0 bridgehead atoms. The minimum atomic E-state index is -4.45. The van der Waals surface area contributed by atoms with Gasteiger partial charge in [-0.15, -0.1) is 0 Å². The normalized spacial score (nSPS) is 21.2. The molecule has 1 aliphatic heterocycles. The van der Waals surface area contributed by atoms with Crippen molar-refractivity contribution in [2.24, 2.45) is 5.92 Å². The Labute approximate surface area is 208 Å². The number of carbonyl (C=O) groups is 1. The van der Waals surface area contributed by atoms with E-state index in [1.165, 1.54) is 12.1 Å². The second-order valence-corrected chi connectivity index (χ2v) is 9.39. The van der Waals surface area contributed by atoms with Gasteiger partial charge in [0.25, 0.3) is 0 Å². The third-order valence-electron chi connectivity index (χ3n) is 6.84. The number of carbonyl (C=O) groups excluding carboxylic acids is 1. The Bertz CT molecular complexity index is 1030. The second-order valence-electron chi connectivity index (χ2n) is 9.39. The molecule has 2 aliphatic rings. The molecule has 1 aromatic heterocycles. The van der Waals surface area contributed by atoms with Crippen LogP contribution < -0.4 is 20.9 Å². The van der Waals surface area contributed by atoms with Crippen LogP contribution in [-0.4, -0.2) is 72.1 Å². The molecule has 0 spiro atoms. The number of aromatic nitrogens is 3. The first-order valence-electron chi connectivity index (χ1n) is 12.3. The monoisotopic (exact) mass is 506 g/mol. The van der Waals surface area contributed by atoms with Crippen molar-refractivity contribution in [2.75, 3.05) is 55.8 Å². The first kappa shape index (κ1) is 25.9. The van der Waals surface area contributed by atoms with Gasteiger partial charge in [-0.25, -0.2) is 0 Å². The van der Waals surface area contributed by atoms with Gasteiger partial charge < -0.3 is 25.8 Å². The molecule has 2 fully saturated rings. The van der Waals surface area contributed by atoms with Crippen molar-refractivity contribution in [1.82, 2.24) is 25.2 Å². The molecule has 36 heavy (non-hydrogen) atoms. The molecule has 1 aromatic carbocycles. The Balaban J connectivity index is 1.30. The summed E-state index contributed by atoms with van der Waals surface area (Å²) in [5.74, 6) is 1.19. The lowest BCUT2D eigenvalue weighted by molar-refractivity contribution is -0.138. The molecule has 2 heterocycles. The minimum Gasteiger partial charge on any atom is -0.357 e. The van der Waals surface area contributed by atoms with Crippen LogP contribution in [0.3, 0.4) is 0 Å². The van der Waals surface area contributed by atoms with Crippen LogP contribution >= 0.6 is 0 Å². The number of nitrogens with zero attached hydrogens (tertiary/aromatic N) is 5. The van der Waals surface area contributed by atoms with Crippen molar-refractivity contribution in [2.45, 2.75) is 44.4 Å². The van der Waals surface area contributed by atoms with Gasteiger partial charge in [-0.1, -0.05) is 18.2 Å². The summed E-state index contributed by atoms with van der Waals surface area (Å²) in [5, 5.41) is 9.08. The zero-order chi connectivity index (χ0) is 25.7. The molecule has 1 aliphatic carbocycles. The molecule has 0 unspecified atom stereocenters. The van der Waals surface area contributed by atoms with E-state index in [1.807, 2.05) is 0 Å². The lowest BCUT2D eigenvalue weighted by atomic mass is 9.85. The number of likely N-dealkylation sites (N-methyl/N-ethyl adjacent to an activating group) is 1. The number of anilines is 3. The van der Waals surface area contributed by atoms with Gasteiger partial charge in [-0.2, -0.15) is 28.1 Å². The van der Waals surface area contributed by atoms with E-state index in [-0.39, 0.29) is 30.0 Å². The van der Waals surface area contributed by atoms with Crippen LogP contribution in [0.1, 0.15) is 36.8 Å². The number of halogens is 3. The molecular weight excluding hydrogens is 473 g/mol. The maximum atomic E-state index is 13.2. The Hall–Kier alpha value is -3.15. The van der Waals surface area contributed by atoms with Crippen molar-refractivity contribution < 1.29 is 18.0 Å². The van der Waals surface area contributed by atoms with Gasteiger partial charge in [0.15, 0.2) is 0 Å². The Morgan fingerprint density at radius 3 is 2.33 bits per heavy atom. The van der Waals surface area contributed by atoms with Gasteiger partial charge in [-0.05, 0) is 44.4 Å². The average molecular weight is 507 g/mol.